The molecule has 0 radical (unpaired) electrons. The van der Waals surface area contributed by atoms with Crippen LogP contribution in [0.1, 0.15) is 12.2 Å². The van der Waals surface area contributed by atoms with Crippen LogP contribution >= 0.6 is 11.5 Å². The van der Waals surface area contributed by atoms with E-state index in [1.807, 2.05) is 37.3 Å². The van der Waals surface area contributed by atoms with E-state index < -0.39 is 0 Å². The van der Waals surface area contributed by atoms with E-state index >= 15 is 0 Å². The Kier molecular flexibility index (Phi) is 4.08. The summed E-state index contributed by atoms with van der Waals surface area (Å²) in [6.45, 7) is 5.56. The van der Waals surface area contributed by atoms with Gasteiger partial charge in [-0.3, -0.25) is 0 Å². The fourth-order valence-electron chi connectivity index (χ4n) is 2.84. The van der Waals surface area contributed by atoms with Gasteiger partial charge < -0.3 is 9.80 Å². The number of nitrogens with zero attached hydrogens (tertiary/aromatic N) is 8. The molecule has 1 aliphatic rings. The third-order valence-corrected chi connectivity index (χ3v) is 4.89. The molecule has 1 saturated heterocycles. The molecular weight excluding hydrogens is 324 g/mol. The summed E-state index contributed by atoms with van der Waals surface area (Å²) in [5.41, 5.74) is 0.971. The van der Waals surface area contributed by atoms with Crippen molar-refractivity contribution in [2.24, 2.45) is 0 Å². The summed E-state index contributed by atoms with van der Waals surface area (Å²) in [7, 11) is 0. The van der Waals surface area contributed by atoms with Crippen molar-refractivity contribution in [3.8, 4) is 5.69 Å². The van der Waals surface area contributed by atoms with E-state index in [2.05, 4.69) is 34.7 Å². The molecule has 0 unspecified atom stereocenters. The fourth-order valence-corrected chi connectivity index (χ4v) is 3.56. The Hall–Kier alpha value is -2.55. The van der Waals surface area contributed by atoms with Gasteiger partial charge in [-0.1, -0.05) is 23.3 Å². The van der Waals surface area contributed by atoms with Crippen LogP contribution in [0.5, 0.6) is 0 Å². The zero-order chi connectivity index (χ0) is 16.4. The molecule has 124 valence electrons. The first-order valence-corrected chi connectivity index (χ1v) is 8.72. The minimum Gasteiger partial charge on any atom is -0.345 e. The van der Waals surface area contributed by atoms with Crippen molar-refractivity contribution in [3.63, 3.8) is 0 Å². The van der Waals surface area contributed by atoms with Crippen molar-refractivity contribution in [1.29, 1.82) is 0 Å². The highest BCUT2D eigenvalue weighted by atomic mass is 32.1. The number of tetrazole rings is 1. The lowest BCUT2D eigenvalue weighted by Gasteiger charge is -2.21. The van der Waals surface area contributed by atoms with Gasteiger partial charge in [-0.25, -0.2) is 4.98 Å². The molecule has 1 aliphatic heterocycles. The van der Waals surface area contributed by atoms with Gasteiger partial charge in [0.2, 0.25) is 11.1 Å². The predicted octanol–water partition coefficient (Wildman–Crippen LogP) is 1.54. The first-order valence-electron chi connectivity index (χ1n) is 7.95. The number of anilines is 2. The van der Waals surface area contributed by atoms with Crippen molar-refractivity contribution in [2.45, 2.75) is 13.3 Å². The normalized spacial score (nSPS) is 15.5. The Labute approximate surface area is 143 Å². The molecule has 2 aromatic heterocycles. The van der Waals surface area contributed by atoms with Crippen LogP contribution in [0.4, 0.5) is 11.1 Å². The first-order chi connectivity index (χ1) is 11.8. The van der Waals surface area contributed by atoms with Crippen molar-refractivity contribution < 1.29 is 0 Å². The second-order valence-electron chi connectivity index (χ2n) is 5.68. The largest absolute Gasteiger partial charge is 0.345 e. The maximum Gasteiger partial charge on any atom is 0.250 e. The Bertz CT molecular complexity index is 799. The van der Waals surface area contributed by atoms with Gasteiger partial charge in [0.05, 0.1) is 5.69 Å². The highest BCUT2D eigenvalue weighted by molar-refractivity contribution is 7.09. The number of hydrogen-bond acceptors (Lipinski definition) is 8. The second-order valence-corrected chi connectivity index (χ2v) is 6.41. The van der Waals surface area contributed by atoms with Gasteiger partial charge in [-0.15, -0.1) is 0 Å². The number of para-hydroxylation sites is 1. The molecule has 0 atom stereocenters. The molecule has 0 aliphatic carbocycles. The Morgan fingerprint density at radius 3 is 2.58 bits per heavy atom. The van der Waals surface area contributed by atoms with Crippen LogP contribution in [-0.2, 0) is 0 Å². The summed E-state index contributed by atoms with van der Waals surface area (Å²) < 4.78 is 6.08. The molecular formula is C15H18N8S. The van der Waals surface area contributed by atoms with Crippen LogP contribution in [0.3, 0.4) is 0 Å². The molecule has 24 heavy (non-hydrogen) atoms. The molecule has 0 amide bonds. The first kappa shape index (κ1) is 15.0. The van der Waals surface area contributed by atoms with E-state index in [4.69, 9.17) is 0 Å². The minimum atomic E-state index is 0.788. The molecule has 0 N–H and O–H groups in total. The van der Waals surface area contributed by atoms with Crippen LogP contribution in [0, 0.1) is 6.92 Å². The summed E-state index contributed by atoms with van der Waals surface area (Å²) in [6, 6.07) is 9.98. The van der Waals surface area contributed by atoms with Gasteiger partial charge in [-0.2, -0.15) is 9.06 Å². The zero-order valence-corrected chi connectivity index (χ0v) is 14.2. The Balaban J connectivity index is 1.53. The molecule has 3 heterocycles. The van der Waals surface area contributed by atoms with Gasteiger partial charge in [0.25, 0.3) is 0 Å². The van der Waals surface area contributed by atoms with E-state index in [1.54, 1.807) is 4.68 Å². The lowest BCUT2D eigenvalue weighted by molar-refractivity contribution is 0.743. The summed E-state index contributed by atoms with van der Waals surface area (Å²) >= 11 is 1.46. The average molecular weight is 342 g/mol. The van der Waals surface area contributed by atoms with Gasteiger partial charge >= 0.3 is 0 Å². The molecule has 8 nitrogen and oxygen atoms in total. The maximum absolute atomic E-state index is 4.50. The lowest BCUT2D eigenvalue weighted by atomic mass is 10.3. The van der Waals surface area contributed by atoms with Crippen LogP contribution in [-0.4, -0.2) is 55.7 Å². The Morgan fingerprint density at radius 1 is 1.00 bits per heavy atom. The minimum absolute atomic E-state index is 0.788. The van der Waals surface area contributed by atoms with Gasteiger partial charge in [0.1, 0.15) is 5.82 Å². The third-order valence-electron chi connectivity index (χ3n) is 4.02. The molecule has 0 saturated carbocycles. The number of rotatable bonds is 3. The topological polar surface area (TPSA) is 75.9 Å². The average Bonchev–Trinajstić information content (AvgIpc) is 3.20. The number of aromatic nitrogens is 6. The van der Waals surface area contributed by atoms with E-state index in [-0.39, 0.29) is 0 Å². The van der Waals surface area contributed by atoms with Crippen molar-refractivity contribution in [1.82, 2.24) is 29.6 Å². The van der Waals surface area contributed by atoms with E-state index in [0.717, 1.165) is 55.2 Å². The third kappa shape index (κ3) is 2.94. The summed E-state index contributed by atoms with van der Waals surface area (Å²) in [5.74, 6) is 1.63. The fraction of sp³-hybridized carbons (Fsp3) is 0.400. The van der Waals surface area contributed by atoms with Crippen molar-refractivity contribution in [2.75, 3.05) is 36.0 Å². The smallest absolute Gasteiger partial charge is 0.250 e. The zero-order valence-electron chi connectivity index (χ0n) is 13.4. The SMILES string of the molecule is Cc1nsc(N2CCCN(c3nnnn3-c3ccccc3)CC2)n1. The van der Waals surface area contributed by atoms with Crippen LogP contribution in [0.15, 0.2) is 30.3 Å². The van der Waals surface area contributed by atoms with Gasteiger partial charge in [0.15, 0.2) is 0 Å². The molecule has 1 aromatic carbocycles. The van der Waals surface area contributed by atoms with E-state index in [1.165, 1.54) is 11.5 Å². The summed E-state index contributed by atoms with van der Waals surface area (Å²) in [6.07, 6.45) is 1.03. The highest BCUT2D eigenvalue weighted by Crippen LogP contribution is 2.21. The monoisotopic (exact) mass is 342 g/mol. The quantitative estimate of drug-likeness (QED) is 0.714. The molecule has 3 aromatic rings. The van der Waals surface area contributed by atoms with Crippen LogP contribution in [0.25, 0.3) is 5.69 Å². The predicted molar refractivity (Wildman–Crippen MR) is 92.8 cm³/mol. The number of benzene rings is 1. The number of aryl methyl sites for hydroxylation is 1. The van der Waals surface area contributed by atoms with Gasteiger partial charge in [0, 0.05) is 37.7 Å². The Morgan fingerprint density at radius 2 is 1.79 bits per heavy atom. The summed E-state index contributed by atoms with van der Waals surface area (Å²) in [4.78, 5) is 9.03. The highest BCUT2D eigenvalue weighted by Gasteiger charge is 2.22. The molecule has 0 bridgehead atoms. The molecule has 0 spiro atoms. The van der Waals surface area contributed by atoms with Crippen LogP contribution in [0.2, 0.25) is 0 Å². The standard InChI is InChI=1S/C15H18N8S/c1-12-16-15(24-18-12)22-9-5-8-21(10-11-22)14-17-19-20-23(14)13-6-3-2-4-7-13/h2-4,6-7H,5,8-11H2,1H3. The van der Waals surface area contributed by atoms with E-state index in [0.29, 0.717) is 0 Å². The lowest BCUT2D eigenvalue weighted by Crippen LogP contribution is -2.32. The van der Waals surface area contributed by atoms with Gasteiger partial charge in [-0.05, 0) is 35.9 Å². The van der Waals surface area contributed by atoms with Crippen molar-refractivity contribution in [3.05, 3.63) is 36.2 Å². The maximum atomic E-state index is 4.50. The molecule has 1 fully saturated rings. The van der Waals surface area contributed by atoms with E-state index in [9.17, 15) is 0 Å². The number of hydrogen-bond donors (Lipinski definition) is 0. The molecule has 9 heteroatoms. The van der Waals surface area contributed by atoms with Crippen LogP contribution < -0.4 is 9.80 Å². The van der Waals surface area contributed by atoms with Crippen molar-refractivity contribution >= 4 is 22.6 Å². The summed E-state index contributed by atoms with van der Waals surface area (Å²) in [5, 5.41) is 13.3. The second kappa shape index (κ2) is 6.52. The molecule has 4 rings (SSSR count).